The maximum atomic E-state index is 13.5. The molecule has 0 aliphatic heterocycles. The molecule has 0 unspecified atom stereocenters. The molecular formula is C11H5FN2O3. The summed E-state index contributed by atoms with van der Waals surface area (Å²) in [5, 5.41) is 17.3. The fourth-order valence-electron chi connectivity index (χ4n) is 1.28. The largest absolute Gasteiger partial charge is 0.474 e. The fourth-order valence-corrected chi connectivity index (χ4v) is 1.28. The van der Waals surface area contributed by atoms with E-state index >= 15 is 0 Å². The second kappa shape index (κ2) is 4.06. The van der Waals surface area contributed by atoms with Gasteiger partial charge in [-0.05, 0) is 18.2 Å². The van der Waals surface area contributed by atoms with Gasteiger partial charge in [-0.15, -0.1) is 0 Å². The van der Waals surface area contributed by atoms with Crippen LogP contribution in [0.3, 0.4) is 0 Å². The lowest BCUT2D eigenvalue weighted by Crippen LogP contribution is -1.94. The Bertz CT molecular complexity index is 628. The van der Waals surface area contributed by atoms with Gasteiger partial charge in [-0.1, -0.05) is 0 Å². The number of nitrogens with zero attached hydrogens (tertiary/aromatic N) is 2. The van der Waals surface area contributed by atoms with Crippen LogP contribution < -0.4 is 0 Å². The average Bonchev–Trinajstić information content (AvgIpc) is 2.79. The van der Waals surface area contributed by atoms with Gasteiger partial charge < -0.3 is 9.52 Å². The quantitative estimate of drug-likeness (QED) is 0.856. The Morgan fingerprint density at radius 2 is 2.29 bits per heavy atom. The Labute approximate surface area is 94.7 Å². The Hall–Kier alpha value is -2.68. The Morgan fingerprint density at radius 3 is 2.88 bits per heavy atom. The molecule has 1 heterocycles. The van der Waals surface area contributed by atoms with Crippen LogP contribution in [-0.4, -0.2) is 16.1 Å². The number of oxazole rings is 1. The van der Waals surface area contributed by atoms with Gasteiger partial charge in [0.15, 0.2) is 5.76 Å². The summed E-state index contributed by atoms with van der Waals surface area (Å²) in [5.74, 6) is -2.51. The number of aromatic carboxylic acids is 1. The number of halogens is 1. The van der Waals surface area contributed by atoms with E-state index in [2.05, 4.69) is 4.98 Å². The summed E-state index contributed by atoms with van der Waals surface area (Å²) in [6.07, 6.45) is 1.10. The van der Waals surface area contributed by atoms with Gasteiger partial charge in [0, 0.05) is 0 Å². The van der Waals surface area contributed by atoms with E-state index in [1.54, 1.807) is 0 Å². The number of carboxylic acid groups (broad SMARTS) is 1. The SMILES string of the molecule is N#Cc1ccc(F)c(-c2cnc(C(=O)O)o2)c1. The zero-order chi connectivity index (χ0) is 12.4. The molecule has 0 atom stereocenters. The summed E-state index contributed by atoms with van der Waals surface area (Å²) in [4.78, 5) is 14.0. The van der Waals surface area contributed by atoms with Crippen LogP contribution in [0.4, 0.5) is 4.39 Å². The number of carbonyl (C=O) groups is 1. The van der Waals surface area contributed by atoms with Crippen molar-refractivity contribution in [1.29, 1.82) is 5.26 Å². The molecule has 0 amide bonds. The summed E-state index contributed by atoms with van der Waals surface area (Å²) in [6, 6.07) is 5.53. The summed E-state index contributed by atoms with van der Waals surface area (Å²) >= 11 is 0. The molecule has 0 spiro atoms. The maximum absolute atomic E-state index is 13.5. The summed E-state index contributed by atoms with van der Waals surface area (Å²) in [5.41, 5.74) is 0.249. The smallest absolute Gasteiger partial charge is 0.392 e. The predicted molar refractivity (Wildman–Crippen MR) is 53.6 cm³/mol. The molecule has 0 saturated carbocycles. The number of rotatable bonds is 2. The normalized spacial score (nSPS) is 9.88. The molecule has 0 aliphatic rings. The van der Waals surface area contributed by atoms with Crippen molar-refractivity contribution in [3.8, 4) is 17.4 Å². The van der Waals surface area contributed by atoms with Gasteiger partial charge >= 0.3 is 11.9 Å². The van der Waals surface area contributed by atoms with Gasteiger partial charge in [-0.25, -0.2) is 14.2 Å². The minimum atomic E-state index is -1.34. The number of benzene rings is 1. The third-order valence-corrected chi connectivity index (χ3v) is 2.05. The van der Waals surface area contributed by atoms with Crippen molar-refractivity contribution in [2.24, 2.45) is 0 Å². The summed E-state index contributed by atoms with van der Waals surface area (Å²) in [6.45, 7) is 0. The highest BCUT2D eigenvalue weighted by atomic mass is 19.1. The molecule has 1 N–H and O–H groups in total. The minimum Gasteiger partial charge on any atom is -0.474 e. The number of nitriles is 1. The van der Waals surface area contributed by atoms with E-state index < -0.39 is 17.7 Å². The maximum Gasteiger partial charge on any atom is 0.392 e. The van der Waals surface area contributed by atoms with Gasteiger partial charge in [-0.3, -0.25) is 0 Å². The third kappa shape index (κ3) is 1.99. The van der Waals surface area contributed by atoms with Gasteiger partial charge in [-0.2, -0.15) is 5.26 Å². The topological polar surface area (TPSA) is 87.1 Å². The van der Waals surface area contributed by atoms with Crippen molar-refractivity contribution >= 4 is 5.97 Å². The van der Waals surface area contributed by atoms with E-state index in [-0.39, 0.29) is 16.9 Å². The van der Waals surface area contributed by atoms with Gasteiger partial charge in [0.25, 0.3) is 0 Å². The van der Waals surface area contributed by atoms with Crippen LogP contribution in [0.25, 0.3) is 11.3 Å². The molecular weight excluding hydrogens is 227 g/mol. The molecule has 1 aromatic heterocycles. The minimum absolute atomic E-state index is 0.00375. The lowest BCUT2D eigenvalue weighted by Gasteiger charge is -1.98. The van der Waals surface area contributed by atoms with E-state index in [1.807, 2.05) is 6.07 Å². The van der Waals surface area contributed by atoms with Gasteiger partial charge in [0.1, 0.15) is 5.82 Å². The number of hydrogen-bond acceptors (Lipinski definition) is 4. The average molecular weight is 232 g/mol. The van der Waals surface area contributed by atoms with Crippen molar-refractivity contribution in [1.82, 2.24) is 4.98 Å². The Balaban J connectivity index is 2.52. The zero-order valence-corrected chi connectivity index (χ0v) is 8.35. The van der Waals surface area contributed by atoms with Crippen molar-refractivity contribution in [2.45, 2.75) is 0 Å². The molecule has 84 valence electrons. The molecule has 2 aromatic rings. The second-order valence-corrected chi connectivity index (χ2v) is 3.14. The van der Waals surface area contributed by atoms with Crippen LogP contribution in [0.1, 0.15) is 16.2 Å². The standard InChI is InChI=1S/C11H5FN2O3/c12-8-2-1-6(4-13)3-7(8)9-5-14-10(17-9)11(15)16/h1-3,5H,(H,15,16). The Kier molecular flexibility index (Phi) is 2.58. The van der Waals surface area contributed by atoms with Crippen LogP contribution in [-0.2, 0) is 0 Å². The van der Waals surface area contributed by atoms with E-state index in [4.69, 9.17) is 14.8 Å². The molecule has 0 bridgehead atoms. The fraction of sp³-hybridized carbons (Fsp3) is 0. The lowest BCUT2D eigenvalue weighted by molar-refractivity contribution is 0.0654. The highest BCUT2D eigenvalue weighted by molar-refractivity contribution is 5.82. The molecule has 0 fully saturated rings. The first-order valence-electron chi connectivity index (χ1n) is 4.51. The predicted octanol–water partition coefficient (Wildman–Crippen LogP) is 2.05. The first-order valence-corrected chi connectivity index (χ1v) is 4.51. The van der Waals surface area contributed by atoms with Crippen LogP contribution in [0, 0.1) is 17.1 Å². The lowest BCUT2D eigenvalue weighted by atomic mass is 10.1. The van der Waals surface area contributed by atoms with E-state index in [9.17, 15) is 9.18 Å². The number of hydrogen-bond donors (Lipinski definition) is 1. The van der Waals surface area contributed by atoms with Crippen molar-refractivity contribution in [2.75, 3.05) is 0 Å². The van der Waals surface area contributed by atoms with Gasteiger partial charge in [0.2, 0.25) is 0 Å². The first kappa shape index (κ1) is 10.8. The molecule has 6 heteroatoms. The molecule has 5 nitrogen and oxygen atoms in total. The monoisotopic (exact) mass is 232 g/mol. The highest BCUT2D eigenvalue weighted by Crippen LogP contribution is 2.24. The van der Waals surface area contributed by atoms with Gasteiger partial charge in [0.05, 0.1) is 23.4 Å². The second-order valence-electron chi connectivity index (χ2n) is 3.14. The first-order chi connectivity index (χ1) is 8.11. The highest BCUT2D eigenvalue weighted by Gasteiger charge is 2.15. The van der Waals surface area contributed by atoms with Crippen molar-refractivity contribution < 1.29 is 18.7 Å². The van der Waals surface area contributed by atoms with Crippen LogP contribution in [0.2, 0.25) is 0 Å². The van der Waals surface area contributed by atoms with E-state index in [1.165, 1.54) is 12.1 Å². The van der Waals surface area contributed by atoms with Crippen molar-refractivity contribution in [3.05, 3.63) is 41.7 Å². The summed E-state index contributed by atoms with van der Waals surface area (Å²) in [7, 11) is 0. The molecule has 1 aromatic carbocycles. The van der Waals surface area contributed by atoms with E-state index in [0.717, 1.165) is 12.3 Å². The molecule has 0 saturated heterocycles. The molecule has 17 heavy (non-hydrogen) atoms. The molecule has 0 aliphatic carbocycles. The Morgan fingerprint density at radius 1 is 1.53 bits per heavy atom. The van der Waals surface area contributed by atoms with Crippen LogP contribution >= 0.6 is 0 Å². The number of aromatic nitrogens is 1. The van der Waals surface area contributed by atoms with E-state index in [0.29, 0.717) is 0 Å². The summed E-state index contributed by atoms with van der Waals surface area (Å²) < 4.78 is 18.3. The van der Waals surface area contributed by atoms with Crippen LogP contribution in [0.5, 0.6) is 0 Å². The zero-order valence-electron chi connectivity index (χ0n) is 8.35. The third-order valence-electron chi connectivity index (χ3n) is 2.05. The number of carboxylic acids is 1. The van der Waals surface area contributed by atoms with Crippen LogP contribution in [0.15, 0.2) is 28.8 Å². The molecule has 2 rings (SSSR count). The molecule has 0 radical (unpaired) electrons. The van der Waals surface area contributed by atoms with Crippen molar-refractivity contribution in [3.63, 3.8) is 0 Å².